The van der Waals surface area contributed by atoms with Gasteiger partial charge in [0.25, 0.3) is 0 Å². The van der Waals surface area contributed by atoms with Gasteiger partial charge in [-0.15, -0.1) is 0 Å². The van der Waals surface area contributed by atoms with E-state index in [1.165, 1.54) is 0 Å². The summed E-state index contributed by atoms with van der Waals surface area (Å²) in [5.74, 6) is -0.201. The van der Waals surface area contributed by atoms with Crippen molar-refractivity contribution in [3.63, 3.8) is 0 Å². The first-order chi connectivity index (χ1) is 6.29. The molecule has 2 heteroatoms. The van der Waals surface area contributed by atoms with Crippen LogP contribution < -0.4 is 0 Å². The molecule has 1 unspecified atom stereocenters. The summed E-state index contributed by atoms with van der Waals surface area (Å²) in [5.41, 5.74) is 1.71. The van der Waals surface area contributed by atoms with Crippen LogP contribution >= 0.6 is 0 Å². The van der Waals surface area contributed by atoms with Crippen molar-refractivity contribution in [2.24, 2.45) is 0 Å². The fourth-order valence-electron chi connectivity index (χ4n) is 1.32. The zero-order valence-corrected chi connectivity index (χ0v) is 8.20. The van der Waals surface area contributed by atoms with Gasteiger partial charge in [-0.2, -0.15) is 0 Å². The van der Waals surface area contributed by atoms with Crippen LogP contribution in [0.1, 0.15) is 50.2 Å². The molecule has 0 saturated carbocycles. The van der Waals surface area contributed by atoms with E-state index in [-0.39, 0.29) is 19.5 Å². The number of esters is 1. The summed E-state index contributed by atoms with van der Waals surface area (Å²) in [7, 11) is 0. The van der Waals surface area contributed by atoms with E-state index in [4.69, 9.17) is 4.74 Å². The monoisotopic (exact) mass is 194 g/mol. The molecule has 0 saturated heterocycles. The van der Waals surface area contributed by atoms with E-state index in [1.54, 1.807) is 6.07 Å². The van der Waals surface area contributed by atoms with E-state index in [0.717, 1.165) is 5.56 Å². The minimum absolute atomic E-state index is 0. The number of hydrogen-bond donors (Lipinski definition) is 0. The van der Waals surface area contributed by atoms with Crippen LogP contribution in [-0.2, 0) is 4.74 Å². The number of cyclic esters (lactones) is 1. The predicted molar refractivity (Wildman–Crippen MR) is 58.4 cm³/mol. The first-order valence-electron chi connectivity index (χ1n) is 4.59. The number of rotatable bonds is 0. The van der Waals surface area contributed by atoms with Gasteiger partial charge < -0.3 is 4.74 Å². The third-order valence-electron chi connectivity index (χ3n) is 1.90. The van der Waals surface area contributed by atoms with Crippen molar-refractivity contribution < 1.29 is 9.53 Å². The molecule has 14 heavy (non-hydrogen) atoms. The van der Waals surface area contributed by atoms with Crippen LogP contribution in [0.25, 0.3) is 0 Å². The molecule has 0 aliphatic carbocycles. The van der Waals surface area contributed by atoms with Crippen molar-refractivity contribution in [2.45, 2.75) is 34.3 Å². The van der Waals surface area contributed by atoms with Gasteiger partial charge in [-0.1, -0.05) is 39.5 Å². The van der Waals surface area contributed by atoms with Crippen molar-refractivity contribution in [3.8, 4) is 0 Å². The average molecular weight is 194 g/mol. The SMILES string of the molecule is C.CC.CC1OC(=O)c2ccccc21. The van der Waals surface area contributed by atoms with Crippen LogP contribution in [0, 0.1) is 0 Å². The van der Waals surface area contributed by atoms with Gasteiger partial charge in [0.05, 0.1) is 5.56 Å². The van der Waals surface area contributed by atoms with Crippen LogP contribution in [0.3, 0.4) is 0 Å². The lowest BCUT2D eigenvalue weighted by Gasteiger charge is -1.99. The standard InChI is InChI=1S/C9H8O2.C2H6.CH4/c1-6-7-4-2-3-5-8(7)9(10)11-6;1-2;/h2-6H,1H3;1-2H3;1H4. The van der Waals surface area contributed by atoms with Crippen molar-refractivity contribution in [1.82, 2.24) is 0 Å². The molecule has 1 aliphatic heterocycles. The minimum Gasteiger partial charge on any atom is -0.454 e. The third kappa shape index (κ3) is 2.13. The van der Waals surface area contributed by atoms with Crippen LogP contribution in [0.2, 0.25) is 0 Å². The number of fused-ring (bicyclic) bond motifs is 1. The Hall–Kier alpha value is -1.31. The summed E-state index contributed by atoms with van der Waals surface area (Å²) in [6.45, 7) is 5.88. The van der Waals surface area contributed by atoms with Crippen LogP contribution in [0.5, 0.6) is 0 Å². The molecule has 0 spiro atoms. The maximum Gasteiger partial charge on any atom is 0.339 e. The summed E-state index contributed by atoms with van der Waals surface area (Å²) < 4.78 is 4.99. The molecular weight excluding hydrogens is 176 g/mol. The molecule has 78 valence electrons. The molecule has 0 N–H and O–H groups in total. The smallest absolute Gasteiger partial charge is 0.339 e. The molecule has 1 atom stereocenters. The second-order valence-corrected chi connectivity index (χ2v) is 2.63. The highest BCUT2D eigenvalue weighted by molar-refractivity contribution is 5.93. The van der Waals surface area contributed by atoms with E-state index < -0.39 is 0 Å². The van der Waals surface area contributed by atoms with E-state index in [2.05, 4.69) is 0 Å². The van der Waals surface area contributed by atoms with E-state index >= 15 is 0 Å². The number of benzene rings is 1. The van der Waals surface area contributed by atoms with E-state index in [9.17, 15) is 4.79 Å². The van der Waals surface area contributed by atoms with Gasteiger partial charge in [0, 0.05) is 5.56 Å². The molecule has 1 aromatic rings. The summed E-state index contributed by atoms with van der Waals surface area (Å²) in [5, 5.41) is 0. The zero-order valence-electron chi connectivity index (χ0n) is 8.20. The maximum atomic E-state index is 11.1. The normalized spacial score (nSPS) is 17.1. The summed E-state index contributed by atoms with van der Waals surface area (Å²) in [6.07, 6.45) is -0.0706. The Morgan fingerprint density at radius 3 is 2.36 bits per heavy atom. The molecule has 2 nitrogen and oxygen atoms in total. The molecule has 0 fully saturated rings. The second kappa shape index (κ2) is 5.43. The van der Waals surface area contributed by atoms with Crippen LogP contribution in [0.4, 0.5) is 0 Å². The summed E-state index contributed by atoms with van der Waals surface area (Å²) >= 11 is 0. The fraction of sp³-hybridized carbons (Fsp3) is 0.417. The highest BCUT2D eigenvalue weighted by Gasteiger charge is 2.26. The van der Waals surface area contributed by atoms with Crippen molar-refractivity contribution >= 4 is 5.97 Å². The highest BCUT2D eigenvalue weighted by atomic mass is 16.5. The van der Waals surface area contributed by atoms with Gasteiger partial charge in [-0.3, -0.25) is 0 Å². The highest BCUT2D eigenvalue weighted by Crippen LogP contribution is 2.29. The molecule has 0 amide bonds. The number of carbonyl (C=O) groups is 1. The van der Waals surface area contributed by atoms with Crippen molar-refractivity contribution in [3.05, 3.63) is 35.4 Å². The zero-order chi connectivity index (χ0) is 9.84. The lowest BCUT2D eigenvalue weighted by molar-refractivity contribution is 0.0422. The molecule has 0 radical (unpaired) electrons. The largest absolute Gasteiger partial charge is 0.454 e. The Morgan fingerprint density at radius 1 is 1.21 bits per heavy atom. The van der Waals surface area contributed by atoms with Crippen LogP contribution in [0.15, 0.2) is 24.3 Å². The Morgan fingerprint density at radius 2 is 1.79 bits per heavy atom. The van der Waals surface area contributed by atoms with Gasteiger partial charge >= 0.3 is 5.97 Å². The molecule has 1 aliphatic rings. The predicted octanol–water partition coefficient (Wildman–Crippen LogP) is 3.58. The van der Waals surface area contributed by atoms with Gasteiger partial charge in [0.2, 0.25) is 0 Å². The molecule has 0 aromatic heterocycles. The Bertz CT molecular complexity index is 305. The number of carbonyl (C=O) groups excluding carboxylic acids is 1. The molecule has 0 bridgehead atoms. The second-order valence-electron chi connectivity index (χ2n) is 2.63. The summed E-state index contributed by atoms with van der Waals surface area (Å²) in [6, 6.07) is 7.47. The fourth-order valence-corrected chi connectivity index (χ4v) is 1.32. The van der Waals surface area contributed by atoms with E-state index in [0.29, 0.717) is 5.56 Å². The Balaban J connectivity index is 0.000000531. The lowest BCUT2D eigenvalue weighted by Crippen LogP contribution is -1.93. The van der Waals surface area contributed by atoms with Gasteiger partial charge in [0.15, 0.2) is 0 Å². The topological polar surface area (TPSA) is 26.3 Å². The first kappa shape index (κ1) is 12.7. The molecule has 1 heterocycles. The first-order valence-corrected chi connectivity index (χ1v) is 4.59. The lowest BCUT2D eigenvalue weighted by atomic mass is 10.1. The van der Waals surface area contributed by atoms with Gasteiger partial charge in [-0.05, 0) is 13.0 Å². The number of hydrogen-bond acceptors (Lipinski definition) is 2. The quantitative estimate of drug-likeness (QED) is 0.590. The van der Waals surface area contributed by atoms with Crippen molar-refractivity contribution in [2.75, 3.05) is 0 Å². The molecule has 2 rings (SSSR count). The summed E-state index contributed by atoms with van der Waals surface area (Å²) in [4.78, 5) is 11.1. The molecular formula is C12H18O2. The van der Waals surface area contributed by atoms with E-state index in [1.807, 2.05) is 39.0 Å². The minimum atomic E-state index is -0.201. The average Bonchev–Trinajstić information content (AvgIpc) is 2.47. The van der Waals surface area contributed by atoms with Gasteiger partial charge in [0.1, 0.15) is 6.10 Å². The van der Waals surface area contributed by atoms with Gasteiger partial charge in [-0.25, -0.2) is 4.79 Å². The number of ether oxygens (including phenoxy) is 1. The van der Waals surface area contributed by atoms with Crippen molar-refractivity contribution in [1.29, 1.82) is 0 Å². The Kier molecular flexibility index (Phi) is 4.92. The maximum absolute atomic E-state index is 11.1. The molecule has 1 aromatic carbocycles. The Labute approximate surface area is 85.9 Å². The third-order valence-corrected chi connectivity index (χ3v) is 1.90. The van der Waals surface area contributed by atoms with Crippen LogP contribution in [-0.4, -0.2) is 5.97 Å².